The lowest BCUT2D eigenvalue weighted by Gasteiger charge is -2.43. The van der Waals surface area contributed by atoms with Crippen LogP contribution < -0.4 is 61.5 Å². The molecule has 320 valence electrons. The largest absolute Gasteiger partial charge is 0.458 e. The molecule has 0 radical (unpaired) electrons. The summed E-state index contributed by atoms with van der Waals surface area (Å²) >= 11 is 0. The second kappa shape index (κ2) is 13.7. The van der Waals surface area contributed by atoms with Crippen LogP contribution in [0.2, 0.25) is 0 Å². The van der Waals surface area contributed by atoms with Gasteiger partial charge in [-0.05, 0) is 95.3 Å². The van der Waals surface area contributed by atoms with Crippen LogP contribution in [0.15, 0.2) is 212 Å². The van der Waals surface area contributed by atoms with E-state index >= 15 is 0 Å². The molecular formula is C60H35B2N3O4. The molecule has 16 rings (SSSR count). The van der Waals surface area contributed by atoms with E-state index in [1.54, 1.807) is 0 Å². The molecule has 7 nitrogen and oxygen atoms in total. The summed E-state index contributed by atoms with van der Waals surface area (Å²) in [5.74, 6) is 6.08. The molecule has 2 bridgehead atoms. The van der Waals surface area contributed by atoms with E-state index < -0.39 is 0 Å². The van der Waals surface area contributed by atoms with E-state index in [1.807, 2.05) is 24.3 Å². The molecule has 0 unspecified atom stereocenters. The van der Waals surface area contributed by atoms with E-state index in [4.69, 9.17) is 18.9 Å². The van der Waals surface area contributed by atoms with Gasteiger partial charge in [0.25, 0.3) is 13.4 Å². The van der Waals surface area contributed by atoms with Gasteiger partial charge in [-0.25, -0.2) is 0 Å². The number of ether oxygens (including phenoxy) is 4. The summed E-state index contributed by atoms with van der Waals surface area (Å²) in [5, 5.41) is 2.40. The number of hydrogen-bond acceptors (Lipinski definition) is 6. The van der Waals surface area contributed by atoms with E-state index in [0.29, 0.717) is 0 Å². The number of anilines is 6. The van der Waals surface area contributed by atoms with Crippen LogP contribution in [0.4, 0.5) is 34.1 Å². The van der Waals surface area contributed by atoms with Crippen molar-refractivity contribution in [3.63, 3.8) is 0 Å². The Balaban J connectivity index is 0.986. The Kier molecular flexibility index (Phi) is 7.39. The molecular weight excluding hydrogens is 848 g/mol. The highest BCUT2D eigenvalue weighted by molar-refractivity contribution is 7.02. The molecule has 0 spiro atoms. The number of hydrogen-bond donors (Lipinski definition) is 0. The lowest BCUT2D eigenvalue weighted by Crippen LogP contribution is -2.63. The Morgan fingerprint density at radius 3 is 1.39 bits per heavy atom. The minimum Gasteiger partial charge on any atom is -0.458 e. The zero-order chi connectivity index (χ0) is 44.9. The van der Waals surface area contributed by atoms with Crippen LogP contribution in [0.5, 0.6) is 46.0 Å². The van der Waals surface area contributed by atoms with Crippen molar-refractivity contribution in [1.29, 1.82) is 0 Å². The average molecular weight is 884 g/mol. The van der Waals surface area contributed by atoms with Crippen LogP contribution >= 0.6 is 0 Å². The summed E-state index contributed by atoms with van der Waals surface area (Å²) < 4.78 is 31.2. The zero-order valence-corrected chi connectivity index (χ0v) is 36.8. The summed E-state index contributed by atoms with van der Waals surface area (Å²) in [6.45, 7) is -0.492. The summed E-state index contributed by atoms with van der Waals surface area (Å²) in [7, 11) is 0. The van der Waals surface area contributed by atoms with Gasteiger partial charge in [0.15, 0.2) is 0 Å². The van der Waals surface area contributed by atoms with Crippen LogP contribution in [0.25, 0.3) is 27.5 Å². The molecule has 10 aromatic carbocycles. The minimum atomic E-state index is -0.256. The first-order valence-corrected chi connectivity index (χ1v) is 23.5. The van der Waals surface area contributed by atoms with Crippen molar-refractivity contribution in [2.75, 3.05) is 9.80 Å². The summed E-state index contributed by atoms with van der Waals surface area (Å²) in [5.41, 5.74) is 15.6. The van der Waals surface area contributed by atoms with Gasteiger partial charge in [0.2, 0.25) is 0 Å². The van der Waals surface area contributed by atoms with E-state index in [0.717, 1.165) is 130 Å². The van der Waals surface area contributed by atoms with Crippen molar-refractivity contribution in [3.8, 4) is 51.7 Å². The smallest absolute Gasteiger partial charge is 0.265 e. The quantitative estimate of drug-likeness (QED) is 0.161. The number of aromatic nitrogens is 1. The monoisotopic (exact) mass is 883 g/mol. The molecule has 69 heavy (non-hydrogen) atoms. The fourth-order valence-corrected chi connectivity index (χ4v) is 11.9. The van der Waals surface area contributed by atoms with Gasteiger partial charge in [0, 0.05) is 79.9 Å². The molecule has 0 saturated heterocycles. The summed E-state index contributed by atoms with van der Waals surface area (Å²) in [6, 6.07) is 74.9. The predicted octanol–water partition coefficient (Wildman–Crippen LogP) is 11.5. The van der Waals surface area contributed by atoms with Crippen molar-refractivity contribution in [2.45, 2.75) is 0 Å². The lowest BCUT2D eigenvalue weighted by atomic mass is 9.30. The molecule has 5 aliphatic heterocycles. The Hall–Kier alpha value is -9.07. The third-order valence-corrected chi connectivity index (χ3v) is 14.7. The van der Waals surface area contributed by atoms with Gasteiger partial charge in [-0.1, -0.05) is 109 Å². The van der Waals surface area contributed by atoms with Crippen molar-refractivity contribution in [1.82, 2.24) is 4.57 Å². The van der Waals surface area contributed by atoms with Crippen molar-refractivity contribution < 1.29 is 18.9 Å². The van der Waals surface area contributed by atoms with Gasteiger partial charge in [0.05, 0.1) is 22.4 Å². The normalized spacial score (nSPS) is 13.6. The molecule has 0 saturated carbocycles. The fourth-order valence-electron chi connectivity index (χ4n) is 11.9. The average Bonchev–Trinajstić information content (AvgIpc) is 3.73. The first-order chi connectivity index (χ1) is 34.2. The second-order valence-corrected chi connectivity index (χ2v) is 18.3. The third-order valence-electron chi connectivity index (χ3n) is 14.7. The molecule has 11 aromatic rings. The Morgan fingerprint density at radius 1 is 0.319 bits per heavy atom. The molecule has 0 aliphatic carbocycles. The number of para-hydroxylation sites is 5. The topological polar surface area (TPSA) is 48.3 Å². The minimum absolute atomic E-state index is 0.236. The van der Waals surface area contributed by atoms with E-state index in [2.05, 4.69) is 202 Å². The van der Waals surface area contributed by atoms with Crippen LogP contribution in [-0.2, 0) is 0 Å². The third kappa shape index (κ3) is 5.13. The van der Waals surface area contributed by atoms with Gasteiger partial charge in [0.1, 0.15) is 46.0 Å². The van der Waals surface area contributed by atoms with Gasteiger partial charge in [-0.15, -0.1) is 0 Å². The summed E-state index contributed by atoms with van der Waals surface area (Å²) in [6.07, 6.45) is 0. The van der Waals surface area contributed by atoms with Gasteiger partial charge >= 0.3 is 0 Å². The Labute approximate surface area is 397 Å². The van der Waals surface area contributed by atoms with Gasteiger partial charge in [-0.2, -0.15) is 0 Å². The van der Waals surface area contributed by atoms with E-state index in [1.165, 1.54) is 10.8 Å². The predicted molar refractivity (Wildman–Crippen MR) is 279 cm³/mol. The maximum atomic E-state index is 7.35. The van der Waals surface area contributed by atoms with Gasteiger partial charge < -0.3 is 33.3 Å². The second-order valence-electron chi connectivity index (χ2n) is 18.3. The highest BCUT2D eigenvalue weighted by Gasteiger charge is 2.49. The van der Waals surface area contributed by atoms with Crippen LogP contribution in [0.1, 0.15) is 0 Å². The lowest BCUT2D eigenvalue weighted by molar-refractivity contribution is 0.453. The van der Waals surface area contributed by atoms with E-state index in [9.17, 15) is 0 Å². The number of rotatable bonds is 5. The molecule has 6 heterocycles. The molecule has 0 fully saturated rings. The number of benzene rings is 10. The highest BCUT2D eigenvalue weighted by Crippen LogP contribution is 2.48. The van der Waals surface area contributed by atoms with Crippen LogP contribution in [0, 0.1) is 0 Å². The van der Waals surface area contributed by atoms with Crippen LogP contribution in [0.3, 0.4) is 0 Å². The molecule has 0 N–H and O–H groups in total. The van der Waals surface area contributed by atoms with Crippen LogP contribution in [-0.4, -0.2) is 18.0 Å². The first kappa shape index (κ1) is 37.1. The SMILES string of the molecule is c1ccc(N(c2ccccc2)c2cc3c4c(c2)Oc2cccc5c2B4c2cc4c(cc2O3)N(c2ccccc2)c2cc(-n3c6ccccc6c6ccccc63)cc3c2B4c2c(cccc2O3)O5)cc1. The Morgan fingerprint density at radius 2 is 0.797 bits per heavy atom. The number of nitrogens with zero attached hydrogens (tertiary/aromatic N) is 3. The zero-order valence-electron chi connectivity index (χ0n) is 36.8. The van der Waals surface area contributed by atoms with Crippen molar-refractivity contribution >= 4 is 102 Å². The molecule has 9 heteroatoms. The highest BCUT2D eigenvalue weighted by atomic mass is 16.5. The molecule has 1 aromatic heterocycles. The van der Waals surface area contributed by atoms with E-state index in [-0.39, 0.29) is 13.4 Å². The van der Waals surface area contributed by atoms with Gasteiger partial charge in [-0.3, -0.25) is 0 Å². The fraction of sp³-hybridized carbons (Fsp3) is 0. The molecule has 0 amide bonds. The maximum absolute atomic E-state index is 7.35. The number of fused-ring (bicyclic) bond motifs is 3. The summed E-state index contributed by atoms with van der Waals surface area (Å²) in [4.78, 5) is 4.66. The maximum Gasteiger partial charge on any atom is 0.265 e. The van der Waals surface area contributed by atoms with Crippen molar-refractivity contribution in [2.24, 2.45) is 0 Å². The Bertz CT molecular complexity index is 3920. The van der Waals surface area contributed by atoms with Crippen molar-refractivity contribution in [3.05, 3.63) is 212 Å². The molecule has 5 aliphatic rings. The standard InChI is InChI=1S/C60H35B2N3O4/c1-4-16-36(17-5-1)63(37-18-6-2-7-19-37)40-32-55-60-56(33-40)69-53-35-47-43-34-44(53)62(60)59-50(27-15-29-52(59)68-55)66-49-26-14-28-51-58(49)61(43)57-48(64(47)38-20-8-3-9-21-38)30-39(31-54(57)67-51)65-45-24-12-10-22-41(45)42-23-11-13-25-46(42)65/h1-35H. The molecule has 0 atom stereocenters. The first-order valence-electron chi connectivity index (χ1n) is 23.5.